The van der Waals surface area contributed by atoms with Crippen molar-refractivity contribution >= 4 is 10.9 Å². The van der Waals surface area contributed by atoms with Crippen molar-refractivity contribution in [2.45, 2.75) is 33.6 Å². The number of rotatable bonds is 1. The van der Waals surface area contributed by atoms with Crippen molar-refractivity contribution in [1.82, 2.24) is 15.2 Å². The minimum atomic E-state index is 1.00. The Bertz CT molecular complexity index is 379. The summed E-state index contributed by atoms with van der Waals surface area (Å²) in [5.41, 5.74) is 2.26. The van der Waals surface area contributed by atoms with Crippen LogP contribution in [0.5, 0.6) is 0 Å². The Hall–Kier alpha value is -1.38. The maximum atomic E-state index is 4.08. The van der Waals surface area contributed by atoms with E-state index in [0.29, 0.717) is 0 Å². The zero-order valence-corrected chi connectivity index (χ0v) is 9.04. The number of aromatic amines is 1. The van der Waals surface area contributed by atoms with Gasteiger partial charge in [-0.3, -0.25) is 10.1 Å². The molecule has 0 unspecified atom stereocenters. The van der Waals surface area contributed by atoms with Gasteiger partial charge in [0.05, 0.1) is 17.9 Å². The molecule has 76 valence electrons. The zero-order valence-electron chi connectivity index (χ0n) is 9.04. The molecule has 0 amide bonds. The fourth-order valence-electron chi connectivity index (χ4n) is 1.20. The highest BCUT2D eigenvalue weighted by molar-refractivity contribution is 5.80. The van der Waals surface area contributed by atoms with Crippen LogP contribution < -0.4 is 0 Å². The molecule has 2 rings (SSSR count). The summed E-state index contributed by atoms with van der Waals surface area (Å²) in [5.74, 6) is 0. The second-order valence-electron chi connectivity index (χ2n) is 3.19. The second kappa shape index (κ2) is 5.37. The van der Waals surface area contributed by atoms with E-state index < -0.39 is 0 Å². The fourth-order valence-corrected chi connectivity index (χ4v) is 1.20. The molecule has 0 saturated carbocycles. The van der Waals surface area contributed by atoms with Gasteiger partial charge in [-0.25, -0.2) is 0 Å². The molecule has 0 aliphatic rings. The largest absolute Gasteiger partial charge is 0.276 e. The van der Waals surface area contributed by atoms with Gasteiger partial charge in [-0.1, -0.05) is 27.2 Å². The summed E-state index contributed by atoms with van der Waals surface area (Å²) in [4.78, 5) is 4.08. The number of pyridine rings is 1. The van der Waals surface area contributed by atoms with E-state index in [1.165, 1.54) is 17.4 Å². The van der Waals surface area contributed by atoms with Crippen LogP contribution >= 0.6 is 0 Å². The average Bonchev–Trinajstić information content (AvgIpc) is 2.66. The van der Waals surface area contributed by atoms with Crippen molar-refractivity contribution in [3.05, 3.63) is 24.2 Å². The molecule has 0 saturated heterocycles. The Morgan fingerprint density at radius 2 is 1.86 bits per heavy atom. The van der Waals surface area contributed by atoms with Crippen LogP contribution in [0.1, 0.15) is 32.8 Å². The lowest BCUT2D eigenvalue weighted by Gasteiger charge is -1.94. The smallest absolute Gasteiger partial charge is 0.0836 e. The number of hydrogen-bond acceptors (Lipinski definition) is 2. The maximum absolute atomic E-state index is 4.08. The Morgan fingerprint density at radius 1 is 1.14 bits per heavy atom. The van der Waals surface area contributed by atoms with Gasteiger partial charge < -0.3 is 0 Å². The molecule has 14 heavy (non-hydrogen) atoms. The average molecular weight is 191 g/mol. The lowest BCUT2D eigenvalue weighted by atomic mass is 10.1. The minimum Gasteiger partial charge on any atom is -0.276 e. The van der Waals surface area contributed by atoms with Gasteiger partial charge in [0.1, 0.15) is 0 Å². The van der Waals surface area contributed by atoms with Gasteiger partial charge >= 0.3 is 0 Å². The minimum absolute atomic E-state index is 1.00. The van der Waals surface area contributed by atoms with E-state index in [4.69, 9.17) is 0 Å². The summed E-state index contributed by atoms with van der Waals surface area (Å²) in [6.45, 7) is 6.36. The first-order valence-electron chi connectivity index (χ1n) is 5.09. The topological polar surface area (TPSA) is 41.6 Å². The Morgan fingerprint density at radius 3 is 2.50 bits per heavy atom. The van der Waals surface area contributed by atoms with Crippen LogP contribution in [0.3, 0.4) is 0 Å². The van der Waals surface area contributed by atoms with Crippen LogP contribution in [0.25, 0.3) is 10.9 Å². The molecule has 0 bridgehead atoms. The molecule has 3 heteroatoms. The number of fused-ring (bicyclic) bond motifs is 1. The molecule has 0 fully saturated rings. The van der Waals surface area contributed by atoms with Gasteiger partial charge in [-0.15, -0.1) is 0 Å². The van der Waals surface area contributed by atoms with Crippen molar-refractivity contribution in [2.75, 3.05) is 0 Å². The molecule has 0 aliphatic heterocycles. The number of H-pyrrole nitrogens is 1. The molecule has 0 radical (unpaired) electrons. The van der Waals surface area contributed by atoms with Crippen LogP contribution in [0.4, 0.5) is 0 Å². The van der Waals surface area contributed by atoms with E-state index >= 15 is 0 Å². The van der Waals surface area contributed by atoms with Crippen LogP contribution in [0, 0.1) is 0 Å². The van der Waals surface area contributed by atoms with Crippen molar-refractivity contribution < 1.29 is 0 Å². The highest BCUT2D eigenvalue weighted by Gasteiger charge is 1.99. The summed E-state index contributed by atoms with van der Waals surface area (Å²) < 4.78 is 0. The lowest BCUT2D eigenvalue weighted by molar-refractivity contribution is 1.09. The van der Waals surface area contributed by atoms with Crippen LogP contribution in [-0.2, 0) is 6.42 Å². The molecule has 2 aromatic rings. The molecular weight excluding hydrogens is 174 g/mol. The third-order valence-electron chi connectivity index (χ3n) is 1.83. The van der Waals surface area contributed by atoms with Gasteiger partial charge in [0, 0.05) is 11.6 Å². The van der Waals surface area contributed by atoms with Gasteiger partial charge in [-0.2, -0.15) is 5.10 Å². The van der Waals surface area contributed by atoms with Crippen LogP contribution in [0.2, 0.25) is 0 Å². The summed E-state index contributed by atoms with van der Waals surface area (Å²) in [6.07, 6.45) is 7.78. The van der Waals surface area contributed by atoms with Crippen molar-refractivity contribution in [3.63, 3.8) is 0 Å². The molecule has 0 aliphatic carbocycles. The molecule has 0 atom stereocenters. The maximum Gasteiger partial charge on any atom is 0.0836 e. The van der Waals surface area contributed by atoms with Gasteiger partial charge in [-0.05, 0) is 12.0 Å². The third kappa shape index (κ3) is 2.31. The Balaban J connectivity index is 0.000000293. The molecule has 3 nitrogen and oxygen atoms in total. The zero-order chi connectivity index (χ0) is 10.4. The number of aryl methyl sites for hydroxylation is 1. The summed E-state index contributed by atoms with van der Waals surface area (Å²) in [5, 5.41) is 8.01. The standard InChI is InChI=1S/C8H9N3.C3H8/c1-2-6-3-9-5-8-7(6)4-10-11-8;1-3-2/h3-5H,2H2,1H3,(H,10,11);3H2,1-2H3. The first-order valence-corrected chi connectivity index (χ1v) is 5.09. The first-order chi connectivity index (χ1) is 6.83. The van der Waals surface area contributed by atoms with E-state index in [2.05, 4.69) is 36.0 Å². The summed E-state index contributed by atoms with van der Waals surface area (Å²) in [6, 6.07) is 0. The third-order valence-corrected chi connectivity index (χ3v) is 1.83. The molecule has 1 N–H and O–H groups in total. The Labute approximate surface area is 84.6 Å². The highest BCUT2D eigenvalue weighted by Crippen LogP contribution is 2.13. The van der Waals surface area contributed by atoms with Gasteiger partial charge in [0.2, 0.25) is 0 Å². The molecular formula is C11H17N3. The van der Waals surface area contributed by atoms with Crippen LogP contribution in [0.15, 0.2) is 18.6 Å². The van der Waals surface area contributed by atoms with Gasteiger partial charge in [0.15, 0.2) is 0 Å². The van der Waals surface area contributed by atoms with E-state index in [9.17, 15) is 0 Å². The van der Waals surface area contributed by atoms with Crippen molar-refractivity contribution in [3.8, 4) is 0 Å². The fraction of sp³-hybridized carbons (Fsp3) is 0.455. The van der Waals surface area contributed by atoms with Crippen LogP contribution in [-0.4, -0.2) is 15.2 Å². The van der Waals surface area contributed by atoms with Crippen molar-refractivity contribution in [1.29, 1.82) is 0 Å². The number of aromatic nitrogens is 3. The van der Waals surface area contributed by atoms with Crippen molar-refractivity contribution in [2.24, 2.45) is 0 Å². The molecule has 2 aromatic heterocycles. The molecule has 0 spiro atoms. The van der Waals surface area contributed by atoms with E-state index in [0.717, 1.165) is 11.9 Å². The normalized spacial score (nSPS) is 9.64. The van der Waals surface area contributed by atoms with E-state index in [1.807, 2.05) is 12.4 Å². The van der Waals surface area contributed by atoms with E-state index in [1.54, 1.807) is 6.20 Å². The number of nitrogens with zero attached hydrogens (tertiary/aromatic N) is 2. The summed E-state index contributed by atoms with van der Waals surface area (Å²) >= 11 is 0. The molecule has 2 heterocycles. The summed E-state index contributed by atoms with van der Waals surface area (Å²) in [7, 11) is 0. The Kier molecular flexibility index (Phi) is 4.11. The number of hydrogen-bond donors (Lipinski definition) is 1. The van der Waals surface area contributed by atoms with E-state index in [-0.39, 0.29) is 0 Å². The molecule has 0 aromatic carbocycles. The highest BCUT2D eigenvalue weighted by atomic mass is 15.1. The predicted molar refractivity (Wildman–Crippen MR) is 59.2 cm³/mol. The first kappa shape index (κ1) is 10.7. The number of nitrogens with one attached hydrogen (secondary N) is 1. The predicted octanol–water partition coefficient (Wildman–Crippen LogP) is 2.94. The lowest BCUT2D eigenvalue weighted by Crippen LogP contribution is -1.82. The SMILES string of the molecule is CCC.CCc1cncc2[nH]ncc12. The monoisotopic (exact) mass is 191 g/mol. The van der Waals surface area contributed by atoms with Gasteiger partial charge in [0.25, 0.3) is 0 Å². The quantitative estimate of drug-likeness (QED) is 0.753. The second-order valence-corrected chi connectivity index (χ2v) is 3.19.